The third-order valence-corrected chi connectivity index (χ3v) is 5.32. The highest BCUT2D eigenvalue weighted by Crippen LogP contribution is 2.34. The fourth-order valence-corrected chi connectivity index (χ4v) is 4.04. The van der Waals surface area contributed by atoms with Gasteiger partial charge in [0.15, 0.2) is 5.43 Å². The highest BCUT2D eigenvalue weighted by atomic mass is 16.5. The van der Waals surface area contributed by atoms with E-state index in [1.807, 2.05) is 43.0 Å². The molecule has 1 atom stereocenters. The average molecular weight is 376 g/mol. The Morgan fingerprint density at radius 3 is 2.75 bits per heavy atom. The molecule has 1 aromatic heterocycles. The van der Waals surface area contributed by atoms with Crippen molar-refractivity contribution in [3.63, 3.8) is 0 Å². The summed E-state index contributed by atoms with van der Waals surface area (Å²) in [4.78, 5) is 30.9. The van der Waals surface area contributed by atoms with E-state index in [0.29, 0.717) is 29.6 Å². The first-order valence-electron chi connectivity index (χ1n) is 9.75. The van der Waals surface area contributed by atoms with E-state index >= 15 is 0 Å². The van der Waals surface area contributed by atoms with Crippen LogP contribution < -0.4 is 10.2 Å². The molecule has 5 heteroatoms. The Balaban J connectivity index is 1.69. The van der Waals surface area contributed by atoms with Gasteiger partial charge in [0.05, 0.1) is 23.7 Å². The lowest BCUT2D eigenvalue weighted by Gasteiger charge is -2.26. The van der Waals surface area contributed by atoms with Crippen LogP contribution >= 0.6 is 0 Å². The molecule has 5 nitrogen and oxygen atoms in total. The van der Waals surface area contributed by atoms with Crippen molar-refractivity contribution in [2.75, 3.05) is 13.2 Å². The number of H-pyrrole nitrogens is 1. The highest BCUT2D eigenvalue weighted by molar-refractivity contribution is 6.05. The monoisotopic (exact) mass is 376 g/mol. The first-order chi connectivity index (χ1) is 13.6. The summed E-state index contributed by atoms with van der Waals surface area (Å²) >= 11 is 0. The summed E-state index contributed by atoms with van der Waals surface area (Å²) in [7, 11) is 0. The van der Waals surface area contributed by atoms with E-state index in [0.717, 1.165) is 29.8 Å². The second-order valence-corrected chi connectivity index (χ2v) is 7.20. The van der Waals surface area contributed by atoms with Crippen molar-refractivity contribution in [2.24, 2.45) is 0 Å². The third-order valence-electron chi connectivity index (χ3n) is 5.32. The molecule has 144 valence electrons. The van der Waals surface area contributed by atoms with Crippen LogP contribution in [0.3, 0.4) is 0 Å². The summed E-state index contributed by atoms with van der Waals surface area (Å²) in [5.41, 5.74) is 2.97. The number of likely N-dealkylation sites (tertiary alicyclic amines) is 1. The molecule has 4 rings (SSSR count). The van der Waals surface area contributed by atoms with Crippen molar-refractivity contribution in [2.45, 2.75) is 32.7 Å². The molecule has 1 saturated heterocycles. The predicted octanol–water partition coefficient (Wildman–Crippen LogP) is 4.21. The number of ether oxygens (including phenoxy) is 1. The van der Waals surface area contributed by atoms with Crippen molar-refractivity contribution < 1.29 is 9.53 Å². The molecule has 28 heavy (non-hydrogen) atoms. The molecule has 1 aliphatic rings. The second kappa shape index (κ2) is 7.50. The number of aromatic nitrogens is 1. The standard InChI is InChI=1S/C23H24N2O3/c1-3-28-17-11-9-16(10-12-17)20-8-5-13-25(20)23(27)19-7-4-6-18-21(26)14-15(2)24-22(18)19/h4,6-7,9-12,14,20H,3,5,8,13H2,1-2H3,(H,24,26)/t20-/m1/s1. The Bertz CT molecular complexity index is 1070. The molecule has 0 saturated carbocycles. The molecule has 1 aliphatic heterocycles. The Morgan fingerprint density at radius 2 is 2.00 bits per heavy atom. The van der Waals surface area contributed by atoms with E-state index < -0.39 is 0 Å². The zero-order valence-corrected chi connectivity index (χ0v) is 16.2. The minimum absolute atomic E-state index is 0.0370. The molecule has 2 aromatic carbocycles. The summed E-state index contributed by atoms with van der Waals surface area (Å²) in [6.45, 7) is 5.14. The number of benzene rings is 2. The Morgan fingerprint density at radius 1 is 1.21 bits per heavy atom. The smallest absolute Gasteiger partial charge is 0.256 e. The quantitative estimate of drug-likeness (QED) is 0.742. The van der Waals surface area contributed by atoms with Gasteiger partial charge in [-0.2, -0.15) is 0 Å². The number of fused-ring (bicyclic) bond motifs is 1. The molecular formula is C23H24N2O3. The number of pyridine rings is 1. The number of carbonyl (C=O) groups is 1. The van der Waals surface area contributed by atoms with Gasteiger partial charge in [0.25, 0.3) is 5.91 Å². The molecule has 2 heterocycles. The topological polar surface area (TPSA) is 62.4 Å². The SMILES string of the molecule is CCOc1ccc([C@H]2CCCN2C(=O)c2cccc3c(=O)cc(C)[nH]c23)cc1. The minimum atomic E-state index is -0.0645. The molecule has 0 spiro atoms. The van der Waals surface area contributed by atoms with Crippen LogP contribution in [0.25, 0.3) is 10.9 Å². The van der Waals surface area contributed by atoms with Crippen LogP contribution in [0.4, 0.5) is 0 Å². The average Bonchev–Trinajstić information content (AvgIpc) is 3.17. The van der Waals surface area contributed by atoms with Crippen LogP contribution in [-0.2, 0) is 0 Å². The number of hydrogen-bond acceptors (Lipinski definition) is 3. The minimum Gasteiger partial charge on any atom is -0.494 e. The lowest BCUT2D eigenvalue weighted by Crippen LogP contribution is -2.31. The van der Waals surface area contributed by atoms with Crippen LogP contribution in [0, 0.1) is 6.92 Å². The number of hydrogen-bond donors (Lipinski definition) is 1. The van der Waals surface area contributed by atoms with Crippen LogP contribution in [0.15, 0.2) is 53.3 Å². The fourth-order valence-electron chi connectivity index (χ4n) is 4.04. The summed E-state index contributed by atoms with van der Waals surface area (Å²) in [5, 5.41) is 0.549. The number of rotatable bonds is 4. The summed E-state index contributed by atoms with van der Waals surface area (Å²) in [6, 6.07) is 14.9. The maximum Gasteiger partial charge on any atom is 0.256 e. The van der Waals surface area contributed by atoms with Crippen molar-refractivity contribution >= 4 is 16.8 Å². The molecule has 1 fully saturated rings. The van der Waals surface area contributed by atoms with E-state index in [1.165, 1.54) is 0 Å². The summed E-state index contributed by atoms with van der Waals surface area (Å²) < 4.78 is 5.52. The van der Waals surface area contributed by atoms with Gasteiger partial charge >= 0.3 is 0 Å². The van der Waals surface area contributed by atoms with E-state index in [1.54, 1.807) is 24.3 Å². The third kappa shape index (κ3) is 3.28. The van der Waals surface area contributed by atoms with Crippen LogP contribution in [0.1, 0.15) is 47.4 Å². The Labute approximate surface area is 163 Å². The summed E-state index contributed by atoms with van der Waals surface area (Å²) in [6.07, 6.45) is 1.89. The maximum atomic E-state index is 13.4. The fraction of sp³-hybridized carbons (Fsp3) is 0.304. The molecular weight excluding hydrogens is 352 g/mol. The number of aryl methyl sites for hydroxylation is 1. The Hall–Kier alpha value is -3.08. The second-order valence-electron chi connectivity index (χ2n) is 7.20. The molecule has 1 N–H and O–H groups in total. The molecule has 1 amide bonds. The van der Waals surface area contributed by atoms with Gasteiger partial charge in [0.1, 0.15) is 5.75 Å². The van der Waals surface area contributed by atoms with Crippen LogP contribution in [0.2, 0.25) is 0 Å². The molecule has 3 aromatic rings. The zero-order chi connectivity index (χ0) is 19.7. The molecule has 0 aliphatic carbocycles. The van der Waals surface area contributed by atoms with E-state index in [9.17, 15) is 9.59 Å². The van der Waals surface area contributed by atoms with E-state index in [4.69, 9.17) is 4.74 Å². The van der Waals surface area contributed by atoms with Crippen molar-refractivity contribution in [1.82, 2.24) is 9.88 Å². The number of nitrogens with one attached hydrogen (secondary N) is 1. The normalized spacial score (nSPS) is 16.5. The van der Waals surface area contributed by atoms with Crippen LogP contribution in [-0.4, -0.2) is 28.9 Å². The largest absolute Gasteiger partial charge is 0.494 e. The first kappa shape index (κ1) is 18.3. The number of nitrogens with zero attached hydrogens (tertiary/aromatic N) is 1. The van der Waals surface area contributed by atoms with Crippen molar-refractivity contribution in [3.8, 4) is 5.75 Å². The lowest BCUT2D eigenvalue weighted by molar-refractivity contribution is 0.0737. The van der Waals surface area contributed by atoms with Gasteiger partial charge in [-0.1, -0.05) is 18.2 Å². The number of para-hydroxylation sites is 1. The van der Waals surface area contributed by atoms with E-state index in [-0.39, 0.29) is 17.4 Å². The van der Waals surface area contributed by atoms with Crippen molar-refractivity contribution in [1.29, 1.82) is 0 Å². The van der Waals surface area contributed by atoms with Crippen molar-refractivity contribution in [3.05, 3.63) is 75.6 Å². The van der Waals surface area contributed by atoms with Gasteiger partial charge in [-0.05, 0) is 56.5 Å². The number of amides is 1. The van der Waals surface area contributed by atoms with Gasteiger partial charge in [-0.3, -0.25) is 9.59 Å². The van der Waals surface area contributed by atoms with Crippen LogP contribution in [0.5, 0.6) is 5.75 Å². The first-order valence-corrected chi connectivity index (χ1v) is 9.75. The lowest BCUT2D eigenvalue weighted by atomic mass is 10.0. The van der Waals surface area contributed by atoms with Gasteiger partial charge in [0, 0.05) is 23.7 Å². The molecule has 0 bridgehead atoms. The molecule has 0 unspecified atom stereocenters. The predicted molar refractivity (Wildman–Crippen MR) is 110 cm³/mol. The van der Waals surface area contributed by atoms with Gasteiger partial charge in [-0.15, -0.1) is 0 Å². The highest BCUT2D eigenvalue weighted by Gasteiger charge is 2.31. The summed E-state index contributed by atoms with van der Waals surface area (Å²) in [5.74, 6) is 0.799. The maximum absolute atomic E-state index is 13.4. The number of aromatic amines is 1. The van der Waals surface area contributed by atoms with Gasteiger partial charge in [0.2, 0.25) is 0 Å². The van der Waals surface area contributed by atoms with Gasteiger partial charge < -0.3 is 14.6 Å². The molecule has 0 radical (unpaired) electrons. The Kier molecular flexibility index (Phi) is 4.90. The van der Waals surface area contributed by atoms with E-state index in [2.05, 4.69) is 4.98 Å². The van der Waals surface area contributed by atoms with Gasteiger partial charge in [-0.25, -0.2) is 0 Å². The zero-order valence-electron chi connectivity index (χ0n) is 16.2. The number of carbonyl (C=O) groups excluding carboxylic acids is 1.